The van der Waals surface area contributed by atoms with E-state index in [-0.39, 0.29) is 12.4 Å². The highest BCUT2D eigenvalue weighted by Crippen LogP contribution is 2.34. The smallest absolute Gasteiger partial charge is 0.338 e. The van der Waals surface area contributed by atoms with Crippen molar-refractivity contribution in [1.82, 2.24) is 10.6 Å². The van der Waals surface area contributed by atoms with Crippen molar-refractivity contribution in [2.45, 2.75) is 19.9 Å². The van der Waals surface area contributed by atoms with Gasteiger partial charge in [-0.15, -0.1) is 0 Å². The summed E-state index contributed by atoms with van der Waals surface area (Å²) < 4.78 is 5.89. The quantitative estimate of drug-likeness (QED) is 0.560. The Balaban J connectivity index is 2.52. The van der Waals surface area contributed by atoms with Crippen molar-refractivity contribution in [2.24, 2.45) is 0 Å². The number of rotatable bonds is 3. The van der Waals surface area contributed by atoms with Crippen LogP contribution in [0.1, 0.15) is 25.5 Å². The van der Waals surface area contributed by atoms with Gasteiger partial charge in [0.15, 0.2) is 5.11 Å². The lowest BCUT2D eigenvalue weighted by Crippen LogP contribution is -2.45. The molecule has 0 spiro atoms. The zero-order valence-corrected chi connectivity index (χ0v) is 14.0. The molecule has 112 valence electrons. The molecular weight excluding hydrogens is 356 g/mol. The van der Waals surface area contributed by atoms with Crippen LogP contribution >= 0.6 is 28.1 Å². The highest BCUT2D eigenvalue weighted by molar-refractivity contribution is 9.10. The molecule has 21 heavy (non-hydrogen) atoms. The van der Waals surface area contributed by atoms with E-state index in [1.54, 1.807) is 32.0 Å². The molecule has 0 amide bonds. The summed E-state index contributed by atoms with van der Waals surface area (Å²) in [4.78, 5) is 12.2. The maximum atomic E-state index is 12.2. The number of phenols is 1. The average molecular weight is 371 g/mol. The lowest BCUT2D eigenvalue weighted by molar-refractivity contribution is -0.139. The normalized spacial score (nSPS) is 18.0. The second kappa shape index (κ2) is 6.44. The van der Waals surface area contributed by atoms with Gasteiger partial charge in [0.05, 0.1) is 18.2 Å². The molecule has 0 saturated carbocycles. The molecule has 0 aliphatic carbocycles. The van der Waals surface area contributed by atoms with Crippen molar-refractivity contribution in [2.75, 3.05) is 6.61 Å². The van der Waals surface area contributed by atoms with Gasteiger partial charge in [0.2, 0.25) is 0 Å². The van der Waals surface area contributed by atoms with Gasteiger partial charge >= 0.3 is 5.97 Å². The van der Waals surface area contributed by atoms with E-state index in [0.717, 1.165) is 4.47 Å². The number of thiocarbonyl (C=S) groups is 1. The molecule has 0 fully saturated rings. The number of allylic oxidation sites excluding steroid dienone is 1. The van der Waals surface area contributed by atoms with Crippen molar-refractivity contribution < 1.29 is 14.6 Å². The number of benzene rings is 1. The van der Waals surface area contributed by atoms with Crippen molar-refractivity contribution in [1.29, 1.82) is 0 Å². The molecule has 1 aromatic rings. The van der Waals surface area contributed by atoms with Crippen LogP contribution in [-0.4, -0.2) is 22.8 Å². The molecule has 2 rings (SSSR count). The molecule has 5 nitrogen and oxygen atoms in total. The Morgan fingerprint density at radius 1 is 1.52 bits per heavy atom. The van der Waals surface area contributed by atoms with Gasteiger partial charge in [-0.1, -0.05) is 15.9 Å². The van der Waals surface area contributed by atoms with Crippen LogP contribution in [0.25, 0.3) is 0 Å². The summed E-state index contributed by atoms with van der Waals surface area (Å²) in [5.74, 6) is -0.364. The number of hydrogen-bond acceptors (Lipinski definition) is 4. The lowest BCUT2D eigenvalue weighted by atomic mass is 9.95. The number of carbonyl (C=O) groups is 1. The summed E-state index contributed by atoms with van der Waals surface area (Å²) in [6, 6.07) is 4.46. The number of phenolic OH excluding ortho intramolecular Hbond substituents is 1. The average Bonchev–Trinajstić information content (AvgIpc) is 2.40. The third kappa shape index (κ3) is 3.36. The van der Waals surface area contributed by atoms with E-state index in [0.29, 0.717) is 21.9 Å². The van der Waals surface area contributed by atoms with Crippen LogP contribution in [0.5, 0.6) is 5.75 Å². The first-order valence-electron chi connectivity index (χ1n) is 6.37. The molecule has 1 aliphatic heterocycles. The Kier molecular flexibility index (Phi) is 4.84. The Labute approximate surface area is 136 Å². The molecular formula is C14H15BrN2O3S. The predicted molar refractivity (Wildman–Crippen MR) is 86.8 cm³/mol. The number of halogens is 1. The van der Waals surface area contributed by atoms with Gasteiger partial charge in [-0.05, 0) is 44.3 Å². The molecule has 1 heterocycles. The number of nitrogens with one attached hydrogen (secondary N) is 2. The standard InChI is InChI=1S/C14H15BrN2O3S/c1-3-20-13(19)11-7(2)16-14(21)17-12(11)9-6-8(15)4-5-10(9)18/h4-6,12,18H,3H2,1-2H3,(H2,16,17,21). The van der Waals surface area contributed by atoms with Gasteiger partial charge in [-0.3, -0.25) is 0 Å². The highest BCUT2D eigenvalue weighted by atomic mass is 79.9. The van der Waals surface area contributed by atoms with Crippen LogP contribution < -0.4 is 10.6 Å². The van der Waals surface area contributed by atoms with Crippen molar-refractivity contribution in [3.8, 4) is 5.75 Å². The van der Waals surface area contributed by atoms with Crippen molar-refractivity contribution in [3.63, 3.8) is 0 Å². The van der Waals surface area contributed by atoms with E-state index in [1.807, 2.05) is 0 Å². The number of carbonyl (C=O) groups excluding carboxylic acids is 1. The first kappa shape index (κ1) is 15.8. The fraction of sp³-hybridized carbons (Fsp3) is 0.286. The zero-order chi connectivity index (χ0) is 15.6. The maximum Gasteiger partial charge on any atom is 0.338 e. The molecule has 0 aromatic heterocycles. The molecule has 1 unspecified atom stereocenters. The van der Waals surface area contributed by atoms with E-state index in [2.05, 4.69) is 26.6 Å². The molecule has 0 saturated heterocycles. The second-order valence-electron chi connectivity index (χ2n) is 4.49. The van der Waals surface area contributed by atoms with Gasteiger partial charge in [0.25, 0.3) is 0 Å². The summed E-state index contributed by atoms with van der Waals surface area (Å²) in [7, 11) is 0. The molecule has 1 aliphatic rings. The summed E-state index contributed by atoms with van der Waals surface area (Å²) in [6.45, 7) is 3.77. The Morgan fingerprint density at radius 3 is 2.90 bits per heavy atom. The third-order valence-electron chi connectivity index (χ3n) is 3.07. The number of esters is 1. The monoisotopic (exact) mass is 370 g/mol. The van der Waals surface area contributed by atoms with Gasteiger partial charge in [-0.25, -0.2) is 4.79 Å². The minimum atomic E-state index is -0.560. The Morgan fingerprint density at radius 2 is 2.24 bits per heavy atom. The summed E-state index contributed by atoms with van der Waals surface area (Å²) >= 11 is 8.50. The lowest BCUT2D eigenvalue weighted by Gasteiger charge is -2.30. The van der Waals surface area contributed by atoms with Gasteiger partial charge < -0.3 is 20.5 Å². The number of ether oxygens (including phenoxy) is 1. The minimum Gasteiger partial charge on any atom is -0.508 e. The minimum absolute atomic E-state index is 0.0787. The number of hydrogen-bond donors (Lipinski definition) is 3. The van der Waals surface area contributed by atoms with Crippen molar-refractivity contribution in [3.05, 3.63) is 39.5 Å². The topological polar surface area (TPSA) is 70.6 Å². The van der Waals surface area contributed by atoms with Crippen molar-refractivity contribution >= 4 is 39.2 Å². The van der Waals surface area contributed by atoms with Crippen LogP contribution in [0.15, 0.2) is 33.9 Å². The number of aromatic hydroxyl groups is 1. The van der Waals surface area contributed by atoms with E-state index in [4.69, 9.17) is 17.0 Å². The molecule has 3 N–H and O–H groups in total. The predicted octanol–water partition coefficient (Wildman–Crippen LogP) is 2.51. The molecule has 0 radical (unpaired) electrons. The highest BCUT2D eigenvalue weighted by Gasteiger charge is 2.32. The van der Waals surface area contributed by atoms with Crippen LogP contribution in [0.3, 0.4) is 0 Å². The summed E-state index contributed by atoms with van der Waals surface area (Å²) in [6.07, 6.45) is 0. The third-order valence-corrected chi connectivity index (χ3v) is 3.78. The molecule has 0 bridgehead atoms. The molecule has 1 aromatic carbocycles. The van der Waals surface area contributed by atoms with Crippen LogP contribution in [0.4, 0.5) is 0 Å². The largest absolute Gasteiger partial charge is 0.508 e. The zero-order valence-electron chi connectivity index (χ0n) is 11.6. The second-order valence-corrected chi connectivity index (χ2v) is 5.82. The first-order valence-corrected chi connectivity index (χ1v) is 7.58. The summed E-state index contributed by atoms with van der Waals surface area (Å²) in [5.41, 5.74) is 1.57. The van der Waals surface area contributed by atoms with E-state index in [9.17, 15) is 9.90 Å². The molecule has 7 heteroatoms. The maximum absolute atomic E-state index is 12.2. The fourth-order valence-corrected chi connectivity index (χ4v) is 2.81. The van der Waals surface area contributed by atoms with Crippen LogP contribution in [0, 0.1) is 0 Å². The summed E-state index contributed by atoms with van der Waals surface area (Å²) in [5, 5.41) is 16.4. The van der Waals surface area contributed by atoms with Gasteiger partial charge in [-0.2, -0.15) is 0 Å². The fourth-order valence-electron chi connectivity index (χ4n) is 2.16. The van der Waals surface area contributed by atoms with Crippen LogP contribution in [0.2, 0.25) is 0 Å². The van der Waals surface area contributed by atoms with Gasteiger partial charge in [0.1, 0.15) is 5.75 Å². The van der Waals surface area contributed by atoms with E-state index >= 15 is 0 Å². The van der Waals surface area contributed by atoms with Gasteiger partial charge in [0, 0.05) is 15.7 Å². The SMILES string of the molecule is CCOC(=O)C1=C(C)NC(=S)NC1c1cc(Br)ccc1O. The Bertz CT molecular complexity index is 631. The van der Waals surface area contributed by atoms with E-state index < -0.39 is 12.0 Å². The van der Waals surface area contributed by atoms with Crippen LogP contribution in [-0.2, 0) is 9.53 Å². The first-order chi connectivity index (χ1) is 9.93. The van der Waals surface area contributed by atoms with E-state index in [1.165, 1.54) is 0 Å². The Hall–Kier alpha value is -1.60. The molecule has 1 atom stereocenters.